The number of halogens is 2. The van der Waals surface area contributed by atoms with E-state index in [2.05, 4.69) is 33.1 Å². The van der Waals surface area contributed by atoms with E-state index in [9.17, 15) is 4.79 Å². The van der Waals surface area contributed by atoms with Gasteiger partial charge in [0.25, 0.3) is 0 Å². The van der Waals surface area contributed by atoms with Crippen LogP contribution in [0.1, 0.15) is 12.8 Å². The average molecular weight is 424 g/mol. The molecule has 1 aromatic rings. The van der Waals surface area contributed by atoms with Crippen LogP contribution < -0.4 is 11.1 Å². The van der Waals surface area contributed by atoms with Crippen LogP contribution in [-0.2, 0) is 9.53 Å². The standard InChI is InChI=1S/C13H15ClIN3O3/c14-9-7-8(15)1-2-10(9)17-12(19)13(11(16)18-20)3-5-21-6-4-13/h1-2,7,20H,3-6H2,(H2,16,18)(H,17,19). The number of benzene rings is 1. The van der Waals surface area contributed by atoms with Crippen molar-refractivity contribution in [1.82, 2.24) is 0 Å². The third-order valence-corrected chi connectivity index (χ3v) is 4.54. The van der Waals surface area contributed by atoms with E-state index in [0.29, 0.717) is 36.8 Å². The maximum absolute atomic E-state index is 12.6. The van der Waals surface area contributed by atoms with Gasteiger partial charge in [-0.1, -0.05) is 16.8 Å². The van der Waals surface area contributed by atoms with Gasteiger partial charge in [-0.2, -0.15) is 0 Å². The normalized spacial score (nSPS) is 18.3. The number of amides is 1. The molecule has 21 heavy (non-hydrogen) atoms. The first kappa shape index (κ1) is 16.3. The number of carbonyl (C=O) groups excluding carboxylic acids is 1. The molecule has 0 aliphatic carbocycles. The topological polar surface area (TPSA) is 96.9 Å². The number of hydrogen-bond donors (Lipinski definition) is 3. The Kier molecular flexibility index (Phi) is 5.28. The molecule has 0 bridgehead atoms. The Morgan fingerprint density at radius 2 is 2.14 bits per heavy atom. The molecule has 2 rings (SSSR count). The van der Waals surface area contributed by atoms with Crippen molar-refractivity contribution in [3.8, 4) is 0 Å². The highest BCUT2D eigenvalue weighted by Crippen LogP contribution is 2.34. The molecule has 0 unspecified atom stereocenters. The van der Waals surface area contributed by atoms with Crippen LogP contribution in [-0.4, -0.2) is 30.2 Å². The second-order valence-electron chi connectivity index (χ2n) is 4.76. The van der Waals surface area contributed by atoms with Gasteiger partial charge in [0.2, 0.25) is 5.91 Å². The molecule has 114 valence electrons. The minimum absolute atomic E-state index is 0.107. The SMILES string of the molecule is N/C(=N/O)C1(C(=O)Nc2ccc(I)cc2Cl)CCOCC1. The maximum atomic E-state index is 12.6. The zero-order chi connectivity index (χ0) is 15.5. The summed E-state index contributed by atoms with van der Waals surface area (Å²) in [4.78, 5) is 12.6. The first-order valence-electron chi connectivity index (χ1n) is 6.32. The molecular weight excluding hydrogens is 409 g/mol. The molecule has 0 spiro atoms. The Balaban J connectivity index is 2.27. The van der Waals surface area contributed by atoms with Crippen molar-refractivity contribution in [2.45, 2.75) is 12.8 Å². The number of rotatable bonds is 3. The monoisotopic (exact) mass is 423 g/mol. The lowest BCUT2D eigenvalue weighted by Gasteiger charge is -2.34. The number of hydrogen-bond acceptors (Lipinski definition) is 4. The summed E-state index contributed by atoms with van der Waals surface area (Å²) in [5, 5.41) is 15.2. The summed E-state index contributed by atoms with van der Waals surface area (Å²) in [7, 11) is 0. The molecule has 0 aromatic heterocycles. The molecule has 1 saturated heterocycles. The van der Waals surface area contributed by atoms with Crippen molar-refractivity contribution >= 4 is 51.6 Å². The number of anilines is 1. The van der Waals surface area contributed by atoms with Crippen molar-refractivity contribution in [2.24, 2.45) is 16.3 Å². The summed E-state index contributed by atoms with van der Waals surface area (Å²) in [6, 6.07) is 5.31. The molecule has 6 nitrogen and oxygen atoms in total. The molecule has 1 aliphatic rings. The number of oxime groups is 1. The van der Waals surface area contributed by atoms with Gasteiger partial charge in [0.05, 0.1) is 10.7 Å². The van der Waals surface area contributed by atoms with E-state index < -0.39 is 5.41 Å². The molecule has 8 heteroatoms. The second-order valence-corrected chi connectivity index (χ2v) is 6.41. The van der Waals surface area contributed by atoms with E-state index in [-0.39, 0.29) is 11.7 Å². The van der Waals surface area contributed by atoms with Crippen LogP contribution in [0.25, 0.3) is 0 Å². The van der Waals surface area contributed by atoms with E-state index in [1.165, 1.54) is 0 Å². The highest BCUT2D eigenvalue weighted by molar-refractivity contribution is 14.1. The van der Waals surface area contributed by atoms with Crippen LogP contribution >= 0.6 is 34.2 Å². The Morgan fingerprint density at radius 1 is 1.48 bits per heavy atom. The predicted molar refractivity (Wildman–Crippen MR) is 88.7 cm³/mol. The first-order chi connectivity index (χ1) is 9.99. The molecule has 1 heterocycles. The largest absolute Gasteiger partial charge is 0.409 e. The summed E-state index contributed by atoms with van der Waals surface area (Å²) in [5.74, 6) is -0.450. The van der Waals surface area contributed by atoms with Gasteiger partial charge in [-0.25, -0.2) is 0 Å². The Hall–Kier alpha value is -1.06. The quantitative estimate of drug-likeness (QED) is 0.229. The zero-order valence-electron chi connectivity index (χ0n) is 11.1. The fourth-order valence-corrected chi connectivity index (χ4v) is 3.15. The van der Waals surface area contributed by atoms with Crippen LogP contribution in [0, 0.1) is 8.99 Å². The van der Waals surface area contributed by atoms with Gasteiger partial charge in [0.1, 0.15) is 5.41 Å². The number of amidine groups is 1. The van der Waals surface area contributed by atoms with Gasteiger partial charge in [0, 0.05) is 16.8 Å². The summed E-state index contributed by atoms with van der Waals surface area (Å²) in [5.41, 5.74) is 5.18. The smallest absolute Gasteiger partial charge is 0.238 e. The third-order valence-electron chi connectivity index (χ3n) is 3.56. The molecule has 0 atom stereocenters. The average Bonchev–Trinajstić information content (AvgIpc) is 2.49. The summed E-state index contributed by atoms with van der Waals surface area (Å²) in [6.45, 7) is 0.758. The molecule has 1 amide bonds. The number of nitrogens with one attached hydrogen (secondary N) is 1. The number of carbonyl (C=O) groups is 1. The van der Waals surface area contributed by atoms with Crippen molar-refractivity contribution in [1.29, 1.82) is 0 Å². The highest BCUT2D eigenvalue weighted by atomic mass is 127. The van der Waals surface area contributed by atoms with Gasteiger partial charge < -0.3 is 21.0 Å². The maximum Gasteiger partial charge on any atom is 0.238 e. The summed E-state index contributed by atoms with van der Waals surface area (Å²) >= 11 is 8.25. The minimum atomic E-state index is -1.07. The van der Waals surface area contributed by atoms with Crippen molar-refractivity contribution in [3.63, 3.8) is 0 Å². The van der Waals surface area contributed by atoms with Crippen molar-refractivity contribution < 1.29 is 14.7 Å². The molecule has 0 radical (unpaired) electrons. The molecule has 1 fully saturated rings. The molecular formula is C13H15ClIN3O3. The molecule has 1 aliphatic heterocycles. The molecule has 4 N–H and O–H groups in total. The second kappa shape index (κ2) is 6.80. The van der Waals surface area contributed by atoms with Gasteiger partial charge in [0.15, 0.2) is 5.84 Å². The van der Waals surface area contributed by atoms with E-state index >= 15 is 0 Å². The third kappa shape index (κ3) is 3.41. The van der Waals surface area contributed by atoms with Gasteiger partial charge in [-0.15, -0.1) is 0 Å². The number of nitrogens with zero attached hydrogens (tertiary/aromatic N) is 1. The Bertz CT molecular complexity index is 574. The number of nitrogens with two attached hydrogens (primary N) is 1. The lowest BCUT2D eigenvalue weighted by atomic mass is 9.78. The number of ether oxygens (including phenoxy) is 1. The molecule has 1 aromatic carbocycles. The van der Waals surface area contributed by atoms with Gasteiger partial charge >= 0.3 is 0 Å². The van der Waals surface area contributed by atoms with Crippen LogP contribution in [0.4, 0.5) is 5.69 Å². The van der Waals surface area contributed by atoms with Crippen LogP contribution in [0.2, 0.25) is 5.02 Å². The predicted octanol–water partition coefficient (Wildman–Crippen LogP) is 2.43. The first-order valence-corrected chi connectivity index (χ1v) is 7.77. The lowest BCUT2D eigenvalue weighted by molar-refractivity contribution is -0.126. The zero-order valence-corrected chi connectivity index (χ0v) is 14.0. The van der Waals surface area contributed by atoms with Gasteiger partial charge in [-0.05, 0) is 53.6 Å². The van der Waals surface area contributed by atoms with E-state index in [1.807, 2.05) is 6.07 Å². The van der Waals surface area contributed by atoms with Gasteiger partial charge in [-0.3, -0.25) is 4.79 Å². The van der Waals surface area contributed by atoms with Crippen LogP contribution in [0.15, 0.2) is 23.4 Å². The summed E-state index contributed by atoms with van der Waals surface area (Å²) < 4.78 is 6.23. The fraction of sp³-hybridized carbons (Fsp3) is 0.385. The van der Waals surface area contributed by atoms with E-state index in [4.69, 9.17) is 27.3 Å². The minimum Gasteiger partial charge on any atom is -0.409 e. The highest BCUT2D eigenvalue weighted by Gasteiger charge is 2.44. The van der Waals surface area contributed by atoms with Crippen molar-refractivity contribution in [2.75, 3.05) is 18.5 Å². The van der Waals surface area contributed by atoms with E-state index in [1.54, 1.807) is 12.1 Å². The Labute approximate surface area is 140 Å². The van der Waals surface area contributed by atoms with Crippen molar-refractivity contribution in [3.05, 3.63) is 26.8 Å². The summed E-state index contributed by atoms with van der Waals surface area (Å²) in [6.07, 6.45) is 0.716. The Morgan fingerprint density at radius 3 is 2.71 bits per heavy atom. The van der Waals surface area contributed by atoms with E-state index in [0.717, 1.165) is 3.57 Å². The fourth-order valence-electron chi connectivity index (χ4n) is 2.25. The lowest BCUT2D eigenvalue weighted by Crippen LogP contribution is -2.50. The van der Waals surface area contributed by atoms with Crippen LogP contribution in [0.3, 0.4) is 0 Å². The van der Waals surface area contributed by atoms with Crippen LogP contribution in [0.5, 0.6) is 0 Å². The molecule has 0 saturated carbocycles.